The zero-order chi connectivity index (χ0) is 15.1. The second-order valence-electron chi connectivity index (χ2n) is 5.46. The molecule has 0 aliphatic heterocycles. The zero-order valence-corrected chi connectivity index (χ0v) is 11.0. The van der Waals surface area contributed by atoms with Gasteiger partial charge >= 0.3 is 6.18 Å². The van der Waals surface area contributed by atoms with E-state index in [0.29, 0.717) is 5.89 Å². The van der Waals surface area contributed by atoms with Crippen molar-refractivity contribution < 1.29 is 27.5 Å². The van der Waals surface area contributed by atoms with Crippen molar-refractivity contribution in [3.63, 3.8) is 0 Å². The van der Waals surface area contributed by atoms with Crippen LogP contribution in [0, 0.1) is 0 Å². The van der Waals surface area contributed by atoms with Gasteiger partial charge in [-0.25, -0.2) is 4.98 Å². The van der Waals surface area contributed by atoms with Gasteiger partial charge in [0.2, 0.25) is 5.76 Å². The number of amides is 1. The summed E-state index contributed by atoms with van der Waals surface area (Å²) in [7, 11) is 0. The van der Waals surface area contributed by atoms with Crippen LogP contribution in [0.4, 0.5) is 13.2 Å². The second kappa shape index (κ2) is 4.76. The molecule has 1 saturated carbocycles. The number of aliphatic hydroxyl groups is 1. The summed E-state index contributed by atoms with van der Waals surface area (Å²) in [5, 5.41) is 11.3. The minimum Gasteiger partial charge on any atom is -0.435 e. The summed E-state index contributed by atoms with van der Waals surface area (Å²) in [5.41, 5.74) is -1.87. The summed E-state index contributed by atoms with van der Waals surface area (Å²) in [5.74, 6) is -0.373. The van der Waals surface area contributed by atoms with E-state index < -0.39 is 23.7 Å². The highest BCUT2D eigenvalue weighted by Gasteiger charge is 2.49. The topological polar surface area (TPSA) is 75.4 Å². The standard InChI is InChI=1S/C12H15F3N2O3/c1-11(2,10(19)12(13,14)15)17-8(18)7-5-16-9(20-7)6-3-4-6/h5-6,10,19H,3-4H2,1-2H3,(H,17,18). The Morgan fingerprint density at radius 1 is 1.50 bits per heavy atom. The quantitative estimate of drug-likeness (QED) is 0.890. The first kappa shape index (κ1) is 14.8. The summed E-state index contributed by atoms with van der Waals surface area (Å²) in [4.78, 5) is 15.7. The van der Waals surface area contributed by atoms with Crippen molar-refractivity contribution in [3.05, 3.63) is 17.8 Å². The molecule has 0 radical (unpaired) electrons. The van der Waals surface area contributed by atoms with Crippen molar-refractivity contribution in [2.24, 2.45) is 0 Å². The average Bonchev–Trinajstić information content (AvgIpc) is 3.04. The smallest absolute Gasteiger partial charge is 0.416 e. The van der Waals surface area contributed by atoms with E-state index in [0.717, 1.165) is 26.7 Å². The fourth-order valence-electron chi connectivity index (χ4n) is 1.74. The van der Waals surface area contributed by atoms with Crippen molar-refractivity contribution in [1.29, 1.82) is 0 Å². The van der Waals surface area contributed by atoms with Crippen molar-refractivity contribution >= 4 is 5.91 Å². The molecule has 0 spiro atoms. The van der Waals surface area contributed by atoms with Gasteiger partial charge in [0.05, 0.1) is 11.7 Å². The lowest BCUT2D eigenvalue weighted by atomic mass is 9.96. The van der Waals surface area contributed by atoms with Crippen LogP contribution >= 0.6 is 0 Å². The van der Waals surface area contributed by atoms with Gasteiger partial charge in [0.25, 0.3) is 5.91 Å². The fourth-order valence-corrected chi connectivity index (χ4v) is 1.74. The Balaban J connectivity index is 2.05. The monoisotopic (exact) mass is 292 g/mol. The zero-order valence-electron chi connectivity index (χ0n) is 11.0. The number of aliphatic hydroxyl groups excluding tert-OH is 1. The minimum atomic E-state index is -4.82. The molecule has 20 heavy (non-hydrogen) atoms. The summed E-state index contributed by atoms with van der Waals surface area (Å²) in [6.45, 7) is 2.17. The summed E-state index contributed by atoms with van der Waals surface area (Å²) in [6, 6.07) is 0. The predicted octanol–water partition coefficient (Wildman–Crippen LogP) is 1.98. The Morgan fingerprint density at radius 3 is 2.60 bits per heavy atom. The number of hydrogen-bond donors (Lipinski definition) is 2. The first-order chi connectivity index (χ1) is 9.11. The van der Waals surface area contributed by atoms with E-state index in [9.17, 15) is 23.1 Å². The molecule has 1 aromatic heterocycles. The molecule has 8 heteroatoms. The summed E-state index contributed by atoms with van der Waals surface area (Å²) < 4.78 is 42.6. The molecule has 0 bridgehead atoms. The molecule has 2 rings (SSSR count). The van der Waals surface area contributed by atoms with Gasteiger partial charge in [0.15, 0.2) is 12.0 Å². The van der Waals surface area contributed by atoms with Crippen LogP contribution < -0.4 is 5.32 Å². The number of alkyl halides is 3. The normalized spacial score (nSPS) is 17.9. The van der Waals surface area contributed by atoms with Crippen LogP contribution in [0.3, 0.4) is 0 Å². The lowest BCUT2D eigenvalue weighted by molar-refractivity contribution is -0.222. The molecule has 2 N–H and O–H groups in total. The van der Waals surface area contributed by atoms with Crippen LogP contribution in [0.5, 0.6) is 0 Å². The molecule has 112 valence electrons. The van der Waals surface area contributed by atoms with Gasteiger partial charge in [-0.1, -0.05) is 0 Å². The highest BCUT2D eigenvalue weighted by atomic mass is 19.4. The number of carbonyl (C=O) groups excluding carboxylic acids is 1. The predicted molar refractivity (Wildman–Crippen MR) is 62.1 cm³/mol. The molecule has 0 saturated heterocycles. The van der Waals surface area contributed by atoms with Gasteiger partial charge in [-0.05, 0) is 26.7 Å². The molecule has 1 fully saturated rings. The molecule has 1 aliphatic rings. The molecule has 5 nitrogen and oxygen atoms in total. The molecule has 1 unspecified atom stereocenters. The van der Waals surface area contributed by atoms with Gasteiger partial charge in [0.1, 0.15) is 0 Å². The fraction of sp³-hybridized carbons (Fsp3) is 0.667. The Bertz CT molecular complexity index is 506. The molecule has 1 heterocycles. The molecule has 1 atom stereocenters. The number of aromatic nitrogens is 1. The number of carbonyl (C=O) groups is 1. The lowest BCUT2D eigenvalue weighted by Gasteiger charge is -2.32. The third-order valence-electron chi connectivity index (χ3n) is 3.10. The Kier molecular flexibility index (Phi) is 3.53. The van der Waals surface area contributed by atoms with Gasteiger partial charge in [-0.3, -0.25) is 4.79 Å². The second-order valence-corrected chi connectivity index (χ2v) is 5.46. The number of oxazole rings is 1. The van der Waals surface area contributed by atoms with Crippen molar-refractivity contribution in [2.45, 2.75) is 50.4 Å². The van der Waals surface area contributed by atoms with Crippen LogP contribution in [0.1, 0.15) is 49.1 Å². The minimum absolute atomic E-state index is 0.158. The van der Waals surface area contributed by atoms with E-state index >= 15 is 0 Å². The Labute approximate surface area is 113 Å². The molecule has 1 aromatic rings. The van der Waals surface area contributed by atoms with Crippen LogP contribution in [-0.4, -0.2) is 33.8 Å². The van der Waals surface area contributed by atoms with Crippen LogP contribution in [0.25, 0.3) is 0 Å². The Morgan fingerprint density at radius 2 is 2.10 bits per heavy atom. The third-order valence-corrected chi connectivity index (χ3v) is 3.10. The highest BCUT2D eigenvalue weighted by Crippen LogP contribution is 2.39. The van der Waals surface area contributed by atoms with E-state index in [1.165, 1.54) is 6.20 Å². The van der Waals surface area contributed by atoms with E-state index in [4.69, 9.17) is 4.42 Å². The largest absolute Gasteiger partial charge is 0.435 e. The van der Waals surface area contributed by atoms with Crippen LogP contribution in [-0.2, 0) is 0 Å². The van der Waals surface area contributed by atoms with Gasteiger partial charge in [-0.15, -0.1) is 0 Å². The summed E-state index contributed by atoms with van der Waals surface area (Å²) >= 11 is 0. The van der Waals surface area contributed by atoms with Crippen LogP contribution in [0.15, 0.2) is 10.6 Å². The first-order valence-electron chi connectivity index (χ1n) is 6.14. The number of hydrogen-bond acceptors (Lipinski definition) is 4. The number of nitrogens with one attached hydrogen (secondary N) is 1. The number of halogens is 3. The number of rotatable bonds is 4. The molecular formula is C12H15F3N2O3. The molecule has 1 amide bonds. The van der Waals surface area contributed by atoms with Gasteiger partial charge < -0.3 is 14.8 Å². The first-order valence-corrected chi connectivity index (χ1v) is 6.14. The average molecular weight is 292 g/mol. The molecule has 1 aliphatic carbocycles. The SMILES string of the molecule is CC(C)(NC(=O)c1cnc(C2CC2)o1)C(O)C(F)(F)F. The van der Waals surface area contributed by atoms with Crippen molar-refractivity contribution in [1.82, 2.24) is 10.3 Å². The van der Waals surface area contributed by atoms with Gasteiger partial charge in [0, 0.05) is 5.92 Å². The maximum atomic E-state index is 12.5. The van der Waals surface area contributed by atoms with Crippen molar-refractivity contribution in [3.8, 4) is 0 Å². The van der Waals surface area contributed by atoms with Crippen molar-refractivity contribution in [2.75, 3.05) is 0 Å². The van der Waals surface area contributed by atoms with E-state index in [1.807, 2.05) is 0 Å². The Hall–Kier alpha value is -1.57. The lowest BCUT2D eigenvalue weighted by Crippen LogP contribution is -2.57. The third kappa shape index (κ3) is 3.12. The summed E-state index contributed by atoms with van der Waals surface area (Å²) in [6.07, 6.45) is -4.46. The highest BCUT2D eigenvalue weighted by molar-refractivity contribution is 5.91. The number of nitrogens with zero attached hydrogens (tertiary/aromatic N) is 1. The van der Waals surface area contributed by atoms with E-state index in [1.54, 1.807) is 0 Å². The molecular weight excluding hydrogens is 277 g/mol. The van der Waals surface area contributed by atoms with E-state index in [-0.39, 0.29) is 11.7 Å². The maximum absolute atomic E-state index is 12.5. The van der Waals surface area contributed by atoms with Crippen LogP contribution in [0.2, 0.25) is 0 Å². The van der Waals surface area contributed by atoms with Gasteiger partial charge in [-0.2, -0.15) is 13.2 Å². The maximum Gasteiger partial charge on any atom is 0.416 e. The van der Waals surface area contributed by atoms with E-state index in [2.05, 4.69) is 10.3 Å². The molecule has 0 aromatic carbocycles.